The molecule has 0 bridgehead atoms. The summed E-state index contributed by atoms with van der Waals surface area (Å²) < 4.78 is 12.1. The summed E-state index contributed by atoms with van der Waals surface area (Å²) in [5.41, 5.74) is 0.0394. The van der Waals surface area contributed by atoms with Crippen LogP contribution in [0.3, 0.4) is 0 Å². The van der Waals surface area contributed by atoms with Crippen LogP contribution in [0.2, 0.25) is 5.15 Å². The van der Waals surface area contributed by atoms with Crippen LogP contribution >= 0.6 is 11.6 Å². The molecule has 0 aliphatic heterocycles. The molecule has 0 radical (unpaired) electrons. The lowest BCUT2D eigenvalue weighted by Crippen LogP contribution is -2.32. The molecule has 2 aromatic rings. The lowest BCUT2D eigenvalue weighted by molar-refractivity contribution is -0.154. The van der Waals surface area contributed by atoms with E-state index in [1.165, 1.54) is 0 Å². The minimum atomic E-state index is -0.551. The molecule has 1 N–H and O–H groups in total. The van der Waals surface area contributed by atoms with Gasteiger partial charge in [0.05, 0.1) is 19.1 Å². The highest BCUT2D eigenvalue weighted by molar-refractivity contribution is 6.29. The average molecular weight is 411 g/mol. The van der Waals surface area contributed by atoms with E-state index in [9.17, 15) is 9.59 Å². The Hall–Kier alpha value is -2.19. The van der Waals surface area contributed by atoms with Crippen molar-refractivity contribution in [3.63, 3.8) is 0 Å². The summed E-state index contributed by atoms with van der Waals surface area (Å²) in [7, 11) is 1.58. The summed E-state index contributed by atoms with van der Waals surface area (Å²) in [4.78, 5) is 33.6. The number of carbonyl (C=O) groups excluding carboxylic acids is 1. The molecule has 8 nitrogen and oxygen atoms in total. The largest absolute Gasteiger partial charge is 0.460 e. The molecule has 0 fully saturated rings. The van der Waals surface area contributed by atoms with Gasteiger partial charge in [0.15, 0.2) is 11.5 Å². The number of aromatic nitrogens is 3. The van der Waals surface area contributed by atoms with E-state index in [0.29, 0.717) is 24.2 Å². The highest BCUT2D eigenvalue weighted by atomic mass is 35.5. The zero-order chi connectivity index (χ0) is 20.9. The molecule has 9 heteroatoms. The third kappa shape index (κ3) is 5.65. The van der Waals surface area contributed by atoms with Gasteiger partial charge < -0.3 is 14.8 Å². The Morgan fingerprint density at radius 2 is 2.04 bits per heavy atom. The first-order valence-electron chi connectivity index (χ1n) is 9.19. The van der Waals surface area contributed by atoms with Crippen LogP contribution in [0.5, 0.6) is 0 Å². The fourth-order valence-corrected chi connectivity index (χ4v) is 2.90. The average Bonchev–Trinajstić information content (AvgIpc) is 2.59. The van der Waals surface area contributed by atoms with Crippen molar-refractivity contribution in [3.05, 3.63) is 27.6 Å². The van der Waals surface area contributed by atoms with Crippen molar-refractivity contribution >= 4 is 34.6 Å². The number of nitrogens with zero attached hydrogens (tertiary/aromatic N) is 3. The topological polar surface area (TPSA) is 95.3 Å². The van der Waals surface area contributed by atoms with Crippen molar-refractivity contribution in [1.29, 1.82) is 0 Å². The number of hydrogen-bond donors (Lipinski definition) is 1. The number of hydrogen-bond acceptors (Lipinski definition) is 7. The molecule has 1 atom stereocenters. The highest BCUT2D eigenvalue weighted by Gasteiger charge is 2.20. The Labute approximate surface area is 169 Å². The van der Waals surface area contributed by atoms with E-state index in [0.717, 1.165) is 0 Å². The zero-order valence-corrected chi connectivity index (χ0v) is 17.7. The summed E-state index contributed by atoms with van der Waals surface area (Å²) in [6.45, 7) is 7.95. The fourth-order valence-electron chi connectivity index (χ4n) is 2.76. The summed E-state index contributed by atoms with van der Waals surface area (Å²) in [6.07, 6.45) is 0.781. The van der Waals surface area contributed by atoms with Gasteiger partial charge in [0.2, 0.25) is 0 Å². The molecule has 0 aromatic carbocycles. The van der Waals surface area contributed by atoms with Crippen LogP contribution in [0.1, 0.15) is 46.6 Å². The fraction of sp³-hybridized carbons (Fsp3) is 0.579. The number of nitrogens with one attached hydrogen (secondary N) is 1. The number of carbonyl (C=O) groups is 1. The zero-order valence-electron chi connectivity index (χ0n) is 16.9. The molecule has 0 unspecified atom stereocenters. The molecule has 154 valence electrons. The monoisotopic (exact) mass is 410 g/mol. The van der Waals surface area contributed by atoms with E-state index in [1.807, 2.05) is 6.92 Å². The smallest absolute Gasteiger partial charge is 0.308 e. The first-order chi connectivity index (χ1) is 13.2. The summed E-state index contributed by atoms with van der Waals surface area (Å²) in [5, 5.41) is 3.23. The lowest BCUT2D eigenvalue weighted by atomic mass is 10.2. The van der Waals surface area contributed by atoms with Crippen molar-refractivity contribution in [2.75, 3.05) is 25.6 Å². The number of halogens is 1. The van der Waals surface area contributed by atoms with Crippen LogP contribution < -0.4 is 10.9 Å². The van der Waals surface area contributed by atoms with Crippen molar-refractivity contribution in [1.82, 2.24) is 14.5 Å². The molecular formula is C19H27ClN4O4. The molecule has 0 saturated carbocycles. The minimum Gasteiger partial charge on any atom is -0.460 e. The molecule has 28 heavy (non-hydrogen) atoms. The lowest BCUT2D eigenvalue weighted by Gasteiger charge is -2.21. The molecule has 0 amide bonds. The first-order valence-corrected chi connectivity index (χ1v) is 9.57. The SMILES string of the molecule is CC[C@H](COC)n1c(=O)c(NCCC(=O)OC(C)(C)C)nc2ccc(Cl)nc21. The van der Waals surface area contributed by atoms with E-state index >= 15 is 0 Å². The van der Waals surface area contributed by atoms with Crippen molar-refractivity contribution in [2.24, 2.45) is 0 Å². The predicted molar refractivity (Wildman–Crippen MR) is 109 cm³/mol. The molecule has 0 aliphatic rings. The second-order valence-electron chi connectivity index (χ2n) is 7.39. The molecule has 2 heterocycles. The van der Waals surface area contributed by atoms with Crippen LogP contribution in [0.4, 0.5) is 5.82 Å². The van der Waals surface area contributed by atoms with Crippen LogP contribution in [-0.2, 0) is 14.3 Å². The minimum absolute atomic E-state index is 0.116. The van der Waals surface area contributed by atoms with Gasteiger partial charge in [-0.1, -0.05) is 18.5 Å². The van der Waals surface area contributed by atoms with Crippen molar-refractivity contribution in [3.8, 4) is 0 Å². The Kier molecular flexibility index (Phi) is 7.37. The standard InChI is InChI=1S/C19H27ClN4O4/c1-6-12(11-27-5)24-17-13(7-8-14(20)23-17)22-16(18(24)26)21-10-9-15(25)28-19(2,3)4/h7-8,12H,6,9-11H2,1-5H3,(H,21,22)/t12-/m1/s1. The Morgan fingerprint density at radius 1 is 1.32 bits per heavy atom. The van der Waals surface area contributed by atoms with E-state index < -0.39 is 5.60 Å². The van der Waals surface area contributed by atoms with Crippen LogP contribution in [0, 0.1) is 0 Å². The Balaban J connectivity index is 2.34. The van der Waals surface area contributed by atoms with Crippen LogP contribution in [-0.4, -0.2) is 46.4 Å². The third-order valence-electron chi connectivity index (χ3n) is 3.94. The van der Waals surface area contributed by atoms with Crippen LogP contribution in [0.15, 0.2) is 16.9 Å². The number of methoxy groups -OCH3 is 1. The van der Waals surface area contributed by atoms with Gasteiger partial charge in [0.1, 0.15) is 16.3 Å². The maximum atomic E-state index is 13.1. The molecule has 2 rings (SSSR count). The normalized spacial score (nSPS) is 12.8. The van der Waals surface area contributed by atoms with Gasteiger partial charge >= 0.3 is 5.97 Å². The van der Waals surface area contributed by atoms with Gasteiger partial charge in [-0.3, -0.25) is 14.2 Å². The van der Waals surface area contributed by atoms with Gasteiger partial charge in [-0.25, -0.2) is 9.97 Å². The second kappa shape index (κ2) is 9.34. The highest BCUT2D eigenvalue weighted by Crippen LogP contribution is 2.19. The van der Waals surface area contributed by atoms with Gasteiger partial charge in [0, 0.05) is 13.7 Å². The quantitative estimate of drug-likeness (QED) is 0.527. The summed E-state index contributed by atoms with van der Waals surface area (Å²) in [6, 6.07) is 3.10. The number of fused-ring (bicyclic) bond motifs is 1. The molecule has 0 spiro atoms. The Bertz CT molecular complexity index is 892. The van der Waals surface area contributed by atoms with Crippen LogP contribution in [0.25, 0.3) is 11.2 Å². The number of pyridine rings is 1. The number of esters is 1. The number of ether oxygens (including phenoxy) is 2. The molecule has 0 saturated heterocycles. The van der Waals surface area contributed by atoms with E-state index in [-0.39, 0.29) is 41.5 Å². The van der Waals surface area contributed by atoms with E-state index in [1.54, 1.807) is 44.6 Å². The van der Waals surface area contributed by atoms with Crippen molar-refractivity contribution < 1.29 is 14.3 Å². The van der Waals surface area contributed by atoms with Gasteiger partial charge in [0.25, 0.3) is 5.56 Å². The van der Waals surface area contributed by atoms with E-state index in [2.05, 4.69) is 15.3 Å². The van der Waals surface area contributed by atoms with E-state index in [4.69, 9.17) is 21.1 Å². The third-order valence-corrected chi connectivity index (χ3v) is 4.15. The maximum absolute atomic E-state index is 13.1. The number of rotatable bonds is 8. The van der Waals surface area contributed by atoms with Gasteiger partial charge in [-0.05, 0) is 39.3 Å². The molecule has 2 aromatic heterocycles. The summed E-state index contributed by atoms with van der Waals surface area (Å²) in [5.74, 6) is -0.199. The number of anilines is 1. The molecule has 0 aliphatic carbocycles. The van der Waals surface area contributed by atoms with Crippen molar-refractivity contribution in [2.45, 2.75) is 52.2 Å². The van der Waals surface area contributed by atoms with Gasteiger partial charge in [-0.2, -0.15) is 0 Å². The molecular weight excluding hydrogens is 384 g/mol. The second-order valence-corrected chi connectivity index (χ2v) is 7.78. The maximum Gasteiger partial charge on any atom is 0.308 e. The Morgan fingerprint density at radius 3 is 2.64 bits per heavy atom. The predicted octanol–water partition coefficient (Wildman–Crippen LogP) is 3.19. The van der Waals surface area contributed by atoms with Gasteiger partial charge in [-0.15, -0.1) is 0 Å². The summed E-state index contributed by atoms with van der Waals surface area (Å²) >= 11 is 6.03. The first kappa shape index (κ1) is 22.1.